The van der Waals surface area contributed by atoms with E-state index in [0.29, 0.717) is 75.0 Å². The number of ether oxygens (including phenoxy) is 3. The normalized spacial score (nSPS) is 16.7. The molecule has 3 aliphatic rings. The molecule has 15 nitrogen and oxygen atoms in total. The second kappa shape index (κ2) is 17.2. The Labute approximate surface area is 326 Å². The Hall–Kier alpha value is -5.38. The number of urea groups is 1. The molecular formula is C40H51FN8O7. The lowest BCUT2D eigenvalue weighted by atomic mass is 10.0. The predicted octanol–water partition coefficient (Wildman–Crippen LogP) is 5.67. The number of nitrogens with zero attached hydrogens (tertiary/aromatic N) is 8. The Bertz CT molecular complexity index is 1930. The SMILES string of the molecule is CCN(C(=O)c1cc(F)ccc1Oc1cncnc1N1CCC(Oc2ccnc3c2CN(CCCN2CC(=O)N(C(=O)OC(C)(C)C)C2=O)CC3)CC1)C(C)C. The van der Waals surface area contributed by atoms with E-state index in [1.54, 1.807) is 38.1 Å². The van der Waals surface area contributed by atoms with E-state index in [2.05, 4.69) is 24.8 Å². The Kier molecular flexibility index (Phi) is 12.4. The number of carbonyl (C=O) groups is 4. The van der Waals surface area contributed by atoms with E-state index >= 15 is 0 Å². The first-order valence-electron chi connectivity index (χ1n) is 19.3. The van der Waals surface area contributed by atoms with E-state index in [9.17, 15) is 23.6 Å². The molecule has 2 fully saturated rings. The van der Waals surface area contributed by atoms with Gasteiger partial charge in [0.15, 0.2) is 11.6 Å². The van der Waals surface area contributed by atoms with Gasteiger partial charge in [0.1, 0.15) is 41.9 Å². The summed E-state index contributed by atoms with van der Waals surface area (Å²) in [4.78, 5) is 72.6. The van der Waals surface area contributed by atoms with Crippen LogP contribution in [0, 0.1) is 5.82 Å². The third kappa shape index (κ3) is 9.34. The van der Waals surface area contributed by atoms with E-state index in [4.69, 9.17) is 14.2 Å². The number of fused-ring (bicyclic) bond motifs is 1. The van der Waals surface area contributed by atoms with Gasteiger partial charge in [0.2, 0.25) is 0 Å². The average molecular weight is 775 g/mol. The van der Waals surface area contributed by atoms with Crippen LogP contribution in [-0.2, 0) is 22.5 Å². The van der Waals surface area contributed by atoms with Crippen molar-refractivity contribution in [2.24, 2.45) is 0 Å². The predicted molar refractivity (Wildman–Crippen MR) is 204 cm³/mol. The highest BCUT2D eigenvalue weighted by atomic mass is 19.1. The van der Waals surface area contributed by atoms with Crippen LogP contribution in [0.1, 0.15) is 82.4 Å². The number of imide groups is 3. The average Bonchev–Trinajstić information content (AvgIpc) is 3.44. The lowest BCUT2D eigenvalue weighted by Crippen LogP contribution is -2.42. The highest BCUT2D eigenvalue weighted by molar-refractivity contribution is 6.13. The van der Waals surface area contributed by atoms with E-state index in [1.165, 1.54) is 29.4 Å². The zero-order valence-corrected chi connectivity index (χ0v) is 33.0. The first kappa shape index (κ1) is 40.3. The van der Waals surface area contributed by atoms with Crippen LogP contribution in [0.3, 0.4) is 0 Å². The largest absolute Gasteiger partial charge is 0.490 e. The molecule has 0 saturated carbocycles. The molecule has 3 aliphatic heterocycles. The molecule has 0 aliphatic carbocycles. The van der Waals surface area contributed by atoms with Gasteiger partial charge in [0.05, 0.1) is 11.8 Å². The fraction of sp³-hybridized carbons (Fsp3) is 0.525. The number of rotatable bonds is 12. The van der Waals surface area contributed by atoms with Gasteiger partial charge in [0.25, 0.3) is 11.8 Å². The van der Waals surface area contributed by atoms with Gasteiger partial charge in [0, 0.05) is 88.6 Å². The van der Waals surface area contributed by atoms with Crippen LogP contribution >= 0.6 is 0 Å². The van der Waals surface area contributed by atoms with Crippen LogP contribution in [-0.4, -0.2) is 122 Å². The van der Waals surface area contributed by atoms with Crippen molar-refractivity contribution < 1.29 is 37.8 Å². The van der Waals surface area contributed by atoms with Gasteiger partial charge in [-0.1, -0.05) is 0 Å². The number of anilines is 1. The monoisotopic (exact) mass is 774 g/mol. The van der Waals surface area contributed by atoms with Gasteiger partial charge < -0.3 is 28.9 Å². The van der Waals surface area contributed by atoms with Crippen molar-refractivity contribution in [2.45, 2.75) is 91.5 Å². The minimum absolute atomic E-state index is 0.0525. The number of amides is 5. The quantitative estimate of drug-likeness (QED) is 0.209. The molecule has 56 heavy (non-hydrogen) atoms. The summed E-state index contributed by atoms with van der Waals surface area (Å²) in [7, 11) is 0. The molecule has 0 radical (unpaired) electrons. The van der Waals surface area contributed by atoms with Crippen molar-refractivity contribution >= 4 is 29.8 Å². The summed E-state index contributed by atoms with van der Waals surface area (Å²) in [5.41, 5.74) is 1.35. The first-order valence-corrected chi connectivity index (χ1v) is 19.3. The maximum absolute atomic E-state index is 14.4. The molecule has 2 saturated heterocycles. The van der Waals surface area contributed by atoms with Crippen molar-refractivity contribution in [2.75, 3.05) is 50.7 Å². The summed E-state index contributed by atoms with van der Waals surface area (Å²) in [6.07, 6.45) is 6.60. The molecule has 1 aromatic carbocycles. The fourth-order valence-electron chi connectivity index (χ4n) is 7.22. The number of piperidine rings is 1. The van der Waals surface area contributed by atoms with E-state index < -0.39 is 29.4 Å². The van der Waals surface area contributed by atoms with Crippen LogP contribution in [0.4, 0.5) is 19.8 Å². The molecule has 3 aromatic rings. The Balaban J connectivity index is 1.04. The second-order valence-corrected chi connectivity index (χ2v) is 15.5. The summed E-state index contributed by atoms with van der Waals surface area (Å²) < 4.78 is 32.5. The summed E-state index contributed by atoms with van der Waals surface area (Å²) in [5.74, 6) is 0.534. The van der Waals surface area contributed by atoms with Gasteiger partial charge >= 0.3 is 12.1 Å². The minimum atomic E-state index is -0.948. The number of hydrogen-bond acceptors (Lipinski definition) is 12. The summed E-state index contributed by atoms with van der Waals surface area (Å²) in [6, 6.07) is 5.11. The van der Waals surface area contributed by atoms with Crippen molar-refractivity contribution in [3.8, 4) is 17.2 Å². The third-order valence-electron chi connectivity index (χ3n) is 9.98. The van der Waals surface area contributed by atoms with E-state index in [-0.39, 0.29) is 35.9 Å². The number of carbonyl (C=O) groups excluding carboxylic acids is 4. The number of aromatic nitrogens is 3. The maximum atomic E-state index is 14.4. The molecule has 0 spiro atoms. The van der Waals surface area contributed by atoms with Gasteiger partial charge in [-0.25, -0.2) is 23.9 Å². The standard InChI is InChI=1S/C40H51FN8O7/c1-7-48(26(2)3)37(51)29-21-27(41)9-10-32(29)55-34-22-42-25-44-36(34)46-19-12-28(13-20-46)54-33-11-15-43-31-14-18-45(23-30(31)33)16-8-17-47-24-35(50)49(38(47)52)39(53)56-40(4,5)6/h9-11,15,21-22,25-26,28H,7-8,12-14,16-20,23-24H2,1-6H3. The summed E-state index contributed by atoms with van der Waals surface area (Å²) in [5, 5.41) is 0. The molecule has 5 heterocycles. The molecule has 0 unspecified atom stereocenters. The number of pyridine rings is 1. The third-order valence-corrected chi connectivity index (χ3v) is 9.98. The maximum Gasteiger partial charge on any atom is 0.425 e. The Morgan fingerprint density at radius 1 is 1.00 bits per heavy atom. The minimum Gasteiger partial charge on any atom is -0.490 e. The molecule has 2 aromatic heterocycles. The summed E-state index contributed by atoms with van der Waals surface area (Å²) >= 11 is 0. The molecule has 0 atom stereocenters. The van der Waals surface area contributed by atoms with Crippen molar-refractivity contribution in [3.63, 3.8) is 0 Å². The first-order chi connectivity index (χ1) is 26.7. The van der Waals surface area contributed by atoms with Crippen LogP contribution in [0.5, 0.6) is 17.2 Å². The molecule has 6 rings (SSSR count). The van der Waals surface area contributed by atoms with E-state index in [1.807, 2.05) is 26.8 Å². The number of halogens is 1. The molecule has 0 bridgehead atoms. The Morgan fingerprint density at radius 2 is 1.77 bits per heavy atom. The van der Waals surface area contributed by atoms with Crippen molar-refractivity contribution in [1.82, 2.24) is 34.6 Å². The molecular weight excluding hydrogens is 723 g/mol. The van der Waals surface area contributed by atoms with Gasteiger partial charge in [-0.3, -0.25) is 19.5 Å². The van der Waals surface area contributed by atoms with Gasteiger partial charge in [-0.2, -0.15) is 4.90 Å². The van der Waals surface area contributed by atoms with Gasteiger partial charge in [-0.05, 0) is 72.2 Å². The number of hydrogen-bond donors (Lipinski definition) is 0. The number of benzene rings is 1. The highest BCUT2D eigenvalue weighted by Crippen LogP contribution is 2.35. The van der Waals surface area contributed by atoms with Crippen LogP contribution < -0.4 is 14.4 Å². The fourth-order valence-corrected chi connectivity index (χ4v) is 7.22. The topological polar surface area (TPSA) is 151 Å². The smallest absolute Gasteiger partial charge is 0.425 e. The lowest BCUT2D eigenvalue weighted by Gasteiger charge is -2.35. The van der Waals surface area contributed by atoms with Crippen LogP contribution in [0.25, 0.3) is 0 Å². The van der Waals surface area contributed by atoms with Crippen LogP contribution in [0.2, 0.25) is 0 Å². The van der Waals surface area contributed by atoms with Gasteiger partial charge in [-0.15, -0.1) is 0 Å². The zero-order valence-electron chi connectivity index (χ0n) is 33.0. The molecule has 5 amide bonds. The molecule has 300 valence electrons. The van der Waals surface area contributed by atoms with Crippen molar-refractivity contribution in [3.05, 3.63) is 65.6 Å². The molecule has 16 heteroatoms. The summed E-state index contributed by atoms with van der Waals surface area (Å²) in [6.45, 7) is 14.8. The molecule has 0 N–H and O–H groups in total. The van der Waals surface area contributed by atoms with Crippen LogP contribution in [0.15, 0.2) is 43.0 Å². The van der Waals surface area contributed by atoms with E-state index in [0.717, 1.165) is 30.0 Å². The second-order valence-electron chi connectivity index (χ2n) is 15.5. The Morgan fingerprint density at radius 3 is 2.48 bits per heavy atom. The lowest BCUT2D eigenvalue weighted by molar-refractivity contribution is -0.124. The zero-order chi connectivity index (χ0) is 40.1. The van der Waals surface area contributed by atoms with Crippen molar-refractivity contribution in [1.29, 1.82) is 0 Å². The highest BCUT2D eigenvalue weighted by Gasteiger charge is 2.42.